The van der Waals surface area contributed by atoms with Gasteiger partial charge in [-0.15, -0.1) is 0 Å². The van der Waals surface area contributed by atoms with Crippen LogP contribution in [0.2, 0.25) is 0 Å². The second-order valence-corrected chi connectivity index (χ2v) is 3.17. The van der Waals surface area contributed by atoms with Crippen molar-refractivity contribution in [2.24, 2.45) is 11.8 Å². The summed E-state index contributed by atoms with van der Waals surface area (Å²) in [6, 6.07) is 0. The molecule has 1 atom stereocenters. The summed E-state index contributed by atoms with van der Waals surface area (Å²) in [4.78, 5) is 32.0. The van der Waals surface area contributed by atoms with Gasteiger partial charge in [-0.1, -0.05) is 0 Å². The summed E-state index contributed by atoms with van der Waals surface area (Å²) in [6.45, 7) is 0. The molecule has 0 bridgehead atoms. The summed E-state index contributed by atoms with van der Waals surface area (Å²) < 4.78 is 0. The monoisotopic (exact) mass is 186 g/mol. The summed E-state index contributed by atoms with van der Waals surface area (Å²) in [5.41, 5.74) is 0. The predicted molar refractivity (Wildman–Crippen MR) is 41.1 cm³/mol. The number of hydrogen-bond acceptors (Lipinski definition) is 3. The lowest BCUT2D eigenvalue weighted by molar-refractivity contribution is -0.152. The van der Waals surface area contributed by atoms with E-state index in [1.54, 1.807) is 0 Å². The number of carbonyl (C=O) groups excluding carboxylic acids is 1. The first-order valence-electron chi connectivity index (χ1n) is 4.00. The number of carbonyl (C=O) groups is 3. The van der Waals surface area contributed by atoms with Gasteiger partial charge in [0.2, 0.25) is 0 Å². The summed E-state index contributed by atoms with van der Waals surface area (Å²) >= 11 is 0. The Labute approximate surface area is 74.4 Å². The third kappa shape index (κ3) is 2.54. The van der Waals surface area contributed by atoms with E-state index >= 15 is 0 Å². The highest BCUT2D eigenvalue weighted by Crippen LogP contribution is 2.33. The molecule has 1 saturated carbocycles. The molecule has 0 saturated heterocycles. The topological polar surface area (TPSA) is 91.7 Å². The van der Waals surface area contributed by atoms with Gasteiger partial charge in [0.25, 0.3) is 0 Å². The Hall–Kier alpha value is -1.39. The fourth-order valence-corrected chi connectivity index (χ4v) is 1.14. The maximum absolute atomic E-state index is 11.2. The van der Waals surface area contributed by atoms with Crippen LogP contribution in [0.1, 0.15) is 19.3 Å². The number of Topliss-reactive ketones (excluding diaryl/α,β-unsaturated/α-hetero) is 1. The average Bonchev–Trinajstić information content (AvgIpc) is 2.80. The summed E-state index contributed by atoms with van der Waals surface area (Å²) in [5.74, 6) is -4.58. The minimum Gasteiger partial charge on any atom is -0.481 e. The van der Waals surface area contributed by atoms with Crippen LogP contribution in [-0.2, 0) is 14.4 Å². The molecule has 1 aliphatic carbocycles. The van der Waals surface area contributed by atoms with Gasteiger partial charge in [0.05, 0.1) is 6.42 Å². The molecular weight excluding hydrogens is 176 g/mol. The van der Waals surface area contributed by atoms with Crippen molar-refractivity contribution in [3.8, 4) is 0 Å². The van der Waals surface area contributed by atoms with Crippen LogP contribution in [0.5, 0.6) is 0 Å². The van der Waals surface area contributed by atoms with Crippen LogP contribution in [0.25, 0.3) is 0 Å². The molecule has 0 aromatic carbocycles. The molecule has 5 nitrogen and oxygen atoms in total. The largest absolute Gasteiger partial charge is 0.481 e. The SMILES string of the molecule is O=C(O)CC(C(=O)O)C(=O)C1CC1. The molecule has 0 aliphatic heterocycles. The van der Waals surface area contributed by atoms with E-state index < -0.39 is 30.1 Å². The summed E-state index contributed by atoms with van der Waals surface area (Å²) in [6.07, 6.45) is 0.787. The van der Waals surface area contributed by atoms with Crippen LogP contribution in [0.3, 0.4) is 0 Å². The van der Waals surface area contributed by atoms with Gasteiger partial charge >= 0.3 is 11.9 Å². The second kappa shape index (κ2) is 3.55. The molecule has 0 spiro atoms. The van der Waals surface area contributed by atoms with Crippen molar-refractivity contribution in [1.29, 1.82) is 0 Å². The fourth-order valence-electron chi connectivity index (χ4n) is 1.14. The van der Waals surface area contributed by atoms with Crippen LogP contribution < -0.4 is 0 Å². The Morgan fingerprint density at radius 2 is 1.77 bits per heavy atom. The van der Waals surface area contributed by atoms with E-state index in [9.17, 15) is 14.4 Å². The highest BCUT2D eigenvalue weighted by molar-refractivity contribution is 6.02. The standard InChI is InChI=1S/C8H10O5/c9-6(10)3-5(8(12)13)7(11)4-1-2-4/h4-5H,1-3H2,(H,9,10)(H,12,13). The molecule has 1 unspecified atom stereocenters. The minimum atomic E-state index is -1.36. The molecule has 13 heavy (non-hydrogen) atoms. The predicted octanol–water partition coefficient (Wildman–Crippen LogP) is 0.141. The van der Waals surface area contributed by atoms with Crippen LogP contribution in [0.4, 0.5) is 0 Å². The quantitative estimate of drug-likeness (QED) is 0.596. The van der Waals surface area contributed by atoms with Crippen LogP contribution >= 0.6 is 0 Å². The molecule has 0 heterocycles. The molecular formula is C8H10O5. The lowest BCUT2D eigenvalue weighted by Gasteiger charge is -2.06. The Morgan fingerprint density at radius 1 is 1.23 bits per heavy atom. The molecule has 0 aromatic rings. The zero-order chi connectivity index (χ0) is 10.0. The number of carboxylic acids is 2. The van der Waals surface area contributed by atoms with Gasteiger partial charge in [0.1, 0.15) is 5.92 Å². The van der Waals surface area contributed by atoms with Gasteiger partial charge < -0.3 is 10.2 Å². The van der Waals surface area contributed by atoms with Crippen LogP contribution in [0, 0.1) is 11.8 Å². The smallest absolute Gasteiger partial charge is 0.314 e. The zero-order valence-electron chi connectivity index (χ0n) is 6.90. The molecule has 1 fully saturated rings. The number of ketones is 1. The molecule has 0 aromatic heterocycles. The van der Waals surface area contributed by atoms with Crippen LogP contribution in [0.15, 0.2) is 0 Å². The van der Waals surface area contributed by atoms with Gasteiger partial charge in [-0.05, 0) is 12.8 Å². The lowest BCUT2D eigenvalue weighted by Crippen LogP contribution is -2.27. The maximum atomic E-state index is 11.2. The first kappa shape index (κ1) is 9.70. The van der Waals surface area contributed by atoms with E-state index in [1.165, 1.54) is 0 Å². The Kier molecular flexibility index (Phi) is 2.65. The minimum absolute atomic E-state index is 0.208. The first-order chi connectivity index (χ1) is 6.02. The lowest BCUT2D eigenvalue weighted by atomic mass is 9.97. The van der Waals surface area contributed by atoms with Crippen molar-refractivity contribution in [3.05, 3.63) is 0 Å². The molecule has 5 heteroatoms. The van der Waals surface area contributed by atoms with Crippen molar-refractivity contribution >= 4 is 17.7 Å². The number of carboxylic acid groups (broad SMARTS) is 2. The van der Waals surface area contributed by atoms with E-state index in [-0.39, 0.29) is 5.92 Å². The third-order valence-corrected chi connectivity index (χ3v) is 2.00. The van der Waals surface area contributed by atoms with Gasteiger partial charge in [-0.2, -0.15) is 0 Å². The Balaban J connectivity index is 2.60. The molecule has 1 rings (SSSR count). The Bertz CT molecular complexity index is 253. The average molecular weight is 186 g/mol. The van der Waals surface area contributed by atoms with E-state index in [1.807, 2.05) is 0 Å². The summed E-state index contributed by atoms with van der Waals surface area (Å²) in [7, 11) is 0. The van der Waals surface area contributed by atoms with Crippen molar-refractivity contribution in [3.63, 3.8) is 0 Å². The molecule has 72 valence electrons. The molecule has 2 N–H and O–H groups in total. The first-order valence-corrected chi connectivity index (χ1v) is 4.00. The third-order valence-electron chi connectivity index (χ3n) is 2.00. The number of rotatable bonds is 5. The molecule has 0 radical (unpaired) electrons. The summed E-state index contributed by atoms with van der Waals surface area (Å²) in [5, 5.41) is 17.0. The van der Waals surface area contributed by atoms with E-state index in [2.05, 4.69) is 0 Å². The molecule has 1 aliphatic rings. The van der Waals surface area contributed by atoms with Gasteiger partial charge in [-0.3, -0.25) is 14.4 Å². The van der Waals surface area contributed by atoms with Crippen molar-refractivity contribution in [2.45, 2.75) is 19.3 Å². The van der Waals surface area contributed by atoms with Crippen molar-refractivity contribution in [2.75, 3.05) is 0 Å². The highest BCUT2D eigenvalue weighted by atomic mass is 16.4. The highest BCUT2D eigenvalue weighted by Gasteiger charge is 2.39. The van der Waals surface area contributed by atoms with Gasteiger partial charge in [0.15, 0.2) is 5.78 Å². The second-order valence-electron chi connectivity index (χ2n) is 3.17. The van der Waals surface area contributed by atoms with Crippen molar-refractivity contribution < 1.29 is 24.6 Å². The Morgan fingerprint density at radius 3 is 2.08 bits per heavy atom. The van der Waals surface area contributed by atoms with Crippen LogP contribution in [-0.4, -0.2) is 27.9 Å². The zero-order valence-corrected chi connectivity index (χ0v) is 6.90. The maximum Gasteiger partial charge on any atom is 0.314 e. The van der Waals surface area contributed by atoms with E-state index in [0.29, 0.717) is 12.8 Å². The number of aliphatic carboxylic acids is 2. The fraction of sp³-hybridized carbons (Fsp3) is 0.625. The van der Waals surface area contributed by atoms with Gasteiger partial charge in [-0.25, -0.2) is 0 Å². The van der Waals surface area contributed by atoms with E-state index in [4.69, 9.17) is 10.2 Å². The van der Waals surface area contributed by atoms with Gasteiger partial charge in [0, 0.05) is 5.92 Å². The molecule has 0 amide bonds. The van der Waals surface area contributed by atoms with Crippen molar-refractivity contribution in [1.82, 2.24) is 0 Å². The number of hydrogen-bond donors (Lipinski definition) is 2. The normalized spacial score (nSPS) is 17.8. The van der Waals surface area contributed by atoms with E-state index in [0.717, 1.165) is 0 Å².